The Labute approximate surface area is 100 Å². The Hall–Kier alpha value is -0.370. The Balaban J connectivity index is 2.57. The fraction of sp³-hybridized carbons (Fsp3) is 0.929. The third kappa shape index (κ3) is 3.07. The van der Waals surface area contributed by atoms with Crippen molar-refractivity contribution in [3.63, 3.8) is 0 Å². The molecule has 0 aromatic rings. The molecule has 1 aliphatic carbocycles. The lowest BCUT2D eigenvalue weighted by atomic mass is 9.89. The highest BCUT2D eigenvalue weighted by molar-refractivity contribution is 5.88. The number of carbonyl (C=O) groups is 1. The highest BCUT2D eigenvalue weighted by Crippen LogP contribution is 2.37. The molecular formula is C14H27NO. The summed E-state index contributed by atoms with van der Waals surface area (Å²) in [7, 11) is 0. The maximum absolute atomic E-state index is 12.2. The monoisotopic (exact) mass is 225 g/mol. The van der Waals surface area contributed by atoms with E-state index in [2.05, 4.69) is 39.5 Å². The van der Waals surface area contributed by atoms with Crippen LogP contribution >= 0.6 is 0 Å². The molecule has 94 valence electrons. The molecule has 1 rings (SSSR count). The summed E-state index contributed by atoms with van der Waals surface area (Å²) in [6.45, 7) is 12.9. The minimum Gasteiger partial charge on any atom is -0.300 e. The van der Waals surface area contributed by atoms with Crippen molar-refractivity contribution >= 4 is 5.78 Å². The Kier molecular flexibility index (Phi) is 4.54. The van der Waals surface area contributed by atoms with Gasteiger partial charge in [-0.3, -0.25) is 4.79 Å². The van der Waals surface area contributed by atoms with Gasteiger partial charge in [0.1, 0.15) is 5.78 Å². The van der Waals surface area contributed by atoms with E-state index < -0.39 is 0 Å². The third-order valence-electron chi connectivity index (χ3n) is 3.85. The third-order valence-corrected chi connectivity index (χ3v) is 3.85. The van der Waals surface area contributed by atoms with Gasteiger partial charge >= 0.3 is 0 Å². The normalized spacial score (nSPS) is 24.7. The number of nitrogens with zero attached hydrogens (tertiary/aromatic N) is 1. The molecule has 0 saturated heterocycles. The molecule has 0 radical (unpaired) electrons. The molecule has 0 spiro atoms. The summed E-state index contributed by atoms with van der Waals surface area (Å²) in [5, 5.41) is 0. The molecule has 1 aliphatic rings. The maximum atomic E-state index is 12.2. The van der Waals surface area contributed by atoms with Crippen molar-refractivity contribution in [3.05, 3.63) is 0 Å². The van der Waals surface area contributed by atoms with Crippen LogP contribution in [0.1, 0.15) is 53.9 Å². The van der Waals surface area contributed by atoms with E-state index in [0.29, 0.717) is 11.8 Å². The van der Waals surface area contributed by atoms with Crippen molar-refractivity contribution in [3.8, 4) is 0 Å². The standard InChI is InChI=1S/C14H27NO/c1-6-9-15(11(2)3)10-12-7-8-14(4,5)13(12)16/h11-12H,6-10H2,1-5H3. The molecule has 0 aromatic carbocycles. The fourth-order valence-electron chi connectivity index (χ4n) is 2.65. The first-order valence-corrected chi connectivity index (χ1v) is 6.67. The number of carbonyl (C=O) groups excluding carboxylic acids is 1. The van der Waals surface area contributed by atoms with Gasteiger partial charge in [0, 0.05) is 23.9 Å². The number of hydrogen-bond donors (Lipinski definition) is 0. The van der Waals surface area contributed by atoms with E-state index in [0.717, 1.165) is 25.9 Å². The zero-order valence-electron chi connectivity index (χ0n) is 11.5. The molecule has 0 bridgehead atoms. The number of rotatable bonds is 5. The van der Waals surface area contributed by atoms with Crippen LogP contribution < -0.4 is 0 Å². The van der Waals surface area contributed by atoms with Crippen molar-refractivity contribution in [2.75, 3.05) is 13.1 Å². The van der Waals surface area contributed by atoms with Crippen LogP contribution in [0, 0.1) is 11.3 Å². The number of hydrogen-bond acceptors (Lipinski definition) is 2. The van der Waals surface area contributed by atoms with E-state index in [-0.39, 0.29) is 11.3 Å². The molecule has 0 heterocycles. The predicted octanol–water partition coefficient (Wildman–Crippen LogP) is 3.11. The molecule has 1 saturated carbocycles. The van der Waals surface area contributed by atoms with Crippen LogP contribution in [0.3, 0.4) is 0 Å². The average Bonchev–Trinajstić information content (AvgIpc) is 2.44. The topological polar surface area (TPSA) is 20.3 Å². The van der Waals surface area contributed by atoms with Crippen molar-refractivity contribution in [2.45, 2.75) is 59.9 Å². The second-order valence-electron chi connectivity index (χ2n) is 6.07. The highest BCUT2D eigenvalue weighted by Gasteiger charge is 2.40. The lowest BCUT2D eigenvalue weighted by molar-refractivity contribution is -0.128. The molecule has 0 amide bonds. The molecule has 0 N–H and O–H groups in total. The van der Waals surface area contributed by atoms with E-state index in [1.807, 2.05) is 0 Å². The smallest absolute Gasteiger partial charge is 0.142 e. The first-order chi connectivity index (χ1) is 7.38. The first kappa shape index (κ1) is 13.7. The number of Topliss-reactive ketones (excluding diaryl/α,β-unsaturated/α-hetero) is 1. The maximum Gasteiger partial charge on any atom is 0.142 e. The van der Waals surface area contributed by atoms with Crippen LogP contribution in [0.2, 0.25) is 0 Å². The fourth-order valence-corrected chi connectivity index (χ4v) is 2.65. The zero-order chi connectivity index (χ0) is 12.3. The van der Waals surface area contributed by atoms with E-state index in [9.17, 15) is 4.79 Å². The van der Waals surface area contributed by atoms with E-state index in [1.54, 1.807) is 0 Å². The molecule has 0 aliphatic heterocycles. The van der Waals surface area contributed by atoms with Gasteiger partial charge in [-0.2, -0.15) is 0 Å². The van der Waals surface area contributed by atoms with Gasteiger partial charge in [-0.05, 0) is 39.7 Å². The molecule has 2 nitrogen and oxygen atoms in total. The van der Waals surface area contributed by atoms with Gasteiger partial charge in [-0.15, -0.1) is 0 Å². The van der Waals surface area contributed by atoms with Gasteiger partial charge in [0.25, 0.3) is 0 Å². The van der Waals surface area contributed by atoms with Crippen LogP contribution in [0.4, 0.5) is 0 Å². The van der Waals surface area contributed by atoms with Gasteiger partial charge in [-0.1, -0.05) is 20.8 Å². The summed E-state index contributed by atoms with van der Waals surface area (Å²) < 4.78 is 0. The van der Waals surface area contributed by atoms with Gasteiger partial charge in [0.2, 0.25) is 0 Å². The van der Waals surface area contributed by atoms with Crippen LogP contribution in [-0.2, 0) is 4.79 Å². The van der Waals surface area contributed by atoms with Crippen molar-refractivity contribution in [1.82, 2.24) is 4.90 Å². The SMILES string of the molecule is CCCN(CC1CCC(C)(C)C1=O)C(C)C. The summed E-state index contributed by atoms with van der Waals surface area (Å²) >= 11 is 0. The Morgan fingerprint density at radius 3 is 2.44 bits per heavy atom. The minimum absolute atomic E-state index is 0.0699. The predicted molar refractivity (Wildman–Crippen MR) is 68.5 cm³/mol. The lowest BCUT2D eigenvalue weighted by Crippen LogP contribution is -2.38. The first-order valence-electron chi connectivity index (χ1n) is 6.67. The van der Waals surface area contributed by atoms with Crippen LogP contribution in [-0.4, -0.2) is 29.8 Å². The molecule has 1 fully saturated rings. The second kappa shape index (κ2) is 5.31. The highest BCUT2D eigenvalue weighted by atomic mass is 16.1. The van der Waals surface area contributed by atoms with E-state index in [1.165, 1.54) is 6.42 Å². The van der Waals surface area contributed by atoms with Crippen LogP contribution in [0.25, 0.3) is 0 Å². The summed E-state index contributed by atoms with van der Waals surface area (Å²) in [6, 6.07) is 0.552. The number of ketones is 1. The molecule has 16 heavy (non-hydrogen) atoms. The average molecular weight is 225 g/mol. The molecule has 1 unspecified atom stereocenters. The van der Waals surface area contributed by atoms with E-state index in [4.69, 9.17) is 0 Å². The summed E-state index contributed by atoms with van der Waals surface area (Å²) in [4.78, 5) is 14.6. The molecule has 2 heteroatoms. The van der Waals surface area contributed by atoms with E-state index >= 15 is 0 Å². The Bertz CT molecular complexity index is 245. The Morgan fingerprint density at radius 2 is 2.06 bits per heavy atom. The summed E-state index contributed by atoms with van der Waals surface area (Å²) in [5.74, 6) is 0.762. The van der Waals surface area contributed by atoms with Crippen molar-refractivity contribution < 1.29 is 4.79 Å². The van der Waals surface area contributed by atoms with Gasteiger partial charge in [0.15, 0.2) is 0 Å². The van der Waals surface area contributed by atoms with Gasteiger partial charge < -0.3 is 4.90 Å². The zero-order valence-corrected chi connectivity index (χ0v) is 11.5. The second-order valence-corrected chi connectivity index (χ2v) is 6.07. The minimum atomic E-state index is -0.0699. The largest absolute Gasteiger partial charge is 0.300 e. The van der Waals surface area contributed by atoms with Crippen molar-refractivity contribution in [2.24, 2.45) is 11.3 Å². The van der Waals surface area contributed by atoms with Crippen LogP contribution in [0.5, 0.6) is 0 Å². The summed E-state index contributed by atoms with van der Waals surface area (Å²) in [5.41, 5.74) is -0.0699. The van der Waals surface area contributed by atoms with Crippen molar-refractivity contribution in [1.29, 1.82) is 0 Å². The van der Waals surface area contributed by atoms with Gasteiger partial charge in [-0.25, -0.2) is 0 Å². The molecule has 0 aromatic heterocycles. The summed E-state index contributed by atoms with van der Waals surface area (Å²) in [6.07, 6.45) is 3.32. The quantitative estimate of drug-likeness (QED) is 0.716. The van der Waals surface area contributed by atoms with Crippen LogP contribution in [0.15, 0.2) is 0 Å². The Morgan fingerprint density at radius 1 is 1.44 bits per heavy atom. The molecule has 1 atom stereocenters. The molecular weight excluding hydrogens is 198 g/mol. The van der Waals surface area contributed by atoms with Gasteiger partial charge in [0.05, 0.1) is 0 Å². The lowest BCUT2D eigenvalue weighted by Gasteiger charge is -2.28.